The number of carboxylic acids is 1. The van der Waals surface area contributed by atoms with Crippen LogP contribution in [0.2, 0.25) is 0 Å². The summed E-state index contributed by atoms with van der Waals surface area (Å²) in [7, 11) is 0. The van der Waals surface area contributed by atoms with Gasteiger partial charge in [0.15, 0.2) is 23.1 Å². The molecule has 0 radical (unpaired) electrons. The van der Waals surface area contributed by atoms with Gasteiger partial charge in [0.2, 0.25) is 5.91 Å². The van der Waals surface area contributed by atoms with Gasteiger partial charge in [0.1, 0.15) is 68.9 Å². The van der Waals surface area contributed by atoms with Crippen LogP contribution < -0.4 is 46.5 Å². The topological polar surface area (TPSA) is 441 Å². The second-order valence-corrected chi connectivity index (χ2v) is 36.1. The molecule has 0 unspecified atom stereocenters. The van der Waals surface area contributed by atoms with Crippen LogP contribution in [0.15, 0.2) is 4.99 Å². The van der Waals surface area contributed by atoms with Gasteiger partial charge in [-0.2, -0.15) is 0 Å². The van der Waals surface area contributed by atoms with Crippen LogP contribution >= 0.6 is 0 Å². The van der Waals surface area contributed by atoms with E-state index in [9.17, 15) is 71.9 Å². The number of rotatable bonds is 11. The Hall–Kier alpha value is -6.16. The van der Waals surface area contributed by atoms with Crippen molar-refractivity contribution >= 4 is 118 Å². The van der Waals surface area contributed by atoms with Gasteiger partial charge in [-0.05, 0) is 299 Å². The molecular weight excluding hydrogens is 1620 g/mol. The molecule has 5 N–H and O–H groups in total. The van der Waals surface area contributed by atoms with Gasteiger partial charge in [-0.3, -0.25) is 43.6 Å². The zero-order valence-corrected chi connectivity index (χ0v) is 80.1. The molecule has 5 fully saturated rings. The minimum atomic E-state index is -0.963. The molecule has 5 saturated heterocycles. The number of amides is 6. The van der Waals surface area contributed by atoms with E-state index in [0.717, 1.165) is 62.0 Å². The number of aliphatic carboxylic acids is 1. The molecule has 0 bridgehead atoms. The number of imide groups is 1. The van der Waals surface area contributed by atoms with Crippen molar-refractivity contribution < 1.29 is 157 Å². The number of halogens is 1. The van der Waals surface area contributed by atoms with Gasteiger partial charge in [-0.15, -0.1) is 0 Å². The van der Waals surface area contributed by atoms with E-state index in [1.807, 2.05) is 69.2 Å². The van der Waals surface area contributed by atoms with Crippen LogP contribution in [0.5, 0.6) is 0 Å². The number of aliphatic hydroxyl groups excluding tert-OH is 1. The van der Waals surface area contributed by atoms with Crippen molar-refractivity contribution in [2.24, 2.45) is 4.99 Å². The quantitative estimate of drug-likeness (QED) is 0.0499. The fourth-order valence-electron chi connectivity index (χ4n) is 11.5. The average Bonchev–Trinajstić information content (AvgIpc) is 1.70. The number of likely N-dealkylation sites (tertiary alicyclic amines) is 4. The standard InChI is InChI=1S/C12H21NO4.C12H21NO3.C11H17NO4.C11H19NO4.C11H21NO3.C10H18O4.C7H13NO.C7H11NO.2CH4.CH3.BrH.Li.Mg.H2O/c1-8(14)6-7-10(9(2)15)13-11(16)17-12(3,4)5;1-8-6-7-10(9(2)14)13(8)11(15)16-12(3,4)5;1-7(13)8-5-6-9(14)12(8)10(15)16-11(2,3)4;1-7-5-6-8(9(13)14)12(7)10(15)16-11(2,3)4;1-8-5-6-9(7-13)12(8)10(14)15-11(2,3)4;1-9(2,3)13-7(11)8(12)14-10(4,5)6;2*1-5-3-4-7(8-5)6(2)9;;;;;;;/h10H,6-7H2,1-5H3,(H,13,16);8,10H,6-7H2,1-5H3;8H,5-6H2,1-4H3;7-8H,5-6H2,1-4H3,(H,13,14);8-9,13H,5-7H2,1-4H3;1-6H3;5,7-8H,3-4H2,1-2H3;7H,3-4H2,1-2H3;2*1H4;1H3;1H;;;1H2/q;;;;;;;;;;-1;;+1;+2;/p-2/t10-;8-,10-;8-;7-,8-;8-,9-;;5-,7-;7-;;;;;;;/m00000.00......./s1. The predicted octanol–water partition coefficient (Wildman–Crippen LogP) is 8.09. The Morgan fingerprint density at radius 2 is 0.840 bits per heavy atom. The number of aliphatic imine (C=N–C) groups is 1. The third-order valence-corrected chi connectivity index (χ3v) is 16.6. The molecule has 119 heavy (non-hydrogen) atoms. The van der Waals surface area contributed by atoms with E-state index >= 15 is 0 Å². The van der Waals surface area contributed by atoms with Gasteiger partial charge in [0, 0.05) is 42.7 Å². The molecule has 6 amide bonds. The molecule has 6 aliphatic heterocycles. The Morgan fingerprint density at radius 3 is 1.13 bits per heavy atom. The number of carbonyl (C=O) groups excluding carboxylic acids is 14. The van der Waals surface area contributed by atoms with Gasteiger partial charge in [0.25, 0.3) is 0 Å². The Kier molecular flexibility index (Phi) is 63.9. The Morgan fingerprint density at radius 1 is 0.479 bits per heavy atom. The fraction of sp³-hybridized carbons (Fsp3) is 0.798. The van der Waals surface area contributed by atoms with E-state index in [2.05, 4.69) is 22.5 Å². The maximum absolute atomic E-state index is 11.9. The van der Waals surface area contributed by atoms with Gasteiger partial charge in [-0.1, -0.05) is 14.9 Å². The summed E-state index contributed by atoms with van der Waals surface area (Å²) in [5.41, 5.74) is -3.08. The molecule has 0 aromatic carbocycles. The van der Waals surface area contributed by atoms with E-state index < -0.39 is 93.5 Å². The molecule has 11 atom stereocenters. The van der Waals surface area contributed by atoms with Gasteiger partial charge >= 0.3 is 90.3 Å². The summed E-state index contributed by atoms with van der Waals surface area (Å²) >= 11 is 0. The molecule has 35 heteroatoms. The molecule has 6 heterocycles. The maximum Gasteiger partial charge on any atom is 2.00 e. The number of nitrogens with zero attached hydrogens (tertiary/aromatic N) is 5. The van der Waals surface area contributed by atoms with Crippen molar-refractivity contribution in [1.82, 2.24) is 30.2 Å². The summed E-state index contributed by atoms with van der Waals surface area (Å²) < 4.78 is 35.6. The van der Waals surface area contributed by atoms with Crippen LogP contribution in [0, 0.1) is 7.43 Å². The number of hydrogen-bond donors (Lipinski definition) is 4. The van der Waals surface area contributed by atoms with Gasteiger partial charge in [0.05, 0.1) is 30.8 Å². The number of nitrogens with one attached hydrogen (secondary N) is 2. The molecule has 0 aromatic rings. The molecule has 6 aliphatic rings. The predicted molar refractivity (Wildman–Crippen MR) is 450 cm³/mol. The molecule has 0 aromatic heterocycles. The molecule has 0 spiro atoms. The first-order valence-electron chi connectivity index (χ1n) is 38.7. The van der Waals surface area contributed by atoms with Gasteiger partial charge < -0.3 is 93.6 Å². The minimum Gasteiger partial charge on any atom is -1.00 e. The Bertz CT molecular complexity index is 3150. The van der Waals surface area contributed by atoms with E-state index in [1.165, 1.54) is 32.6 Å². The summed E-state index contributed by atoms with van der Waals surface area (Å²) in [5.74, 6) is -3.07. The monoisotopic (exact) mass is 1770 g/mol. The third-order valence-electron chi connectivity index (χ3n) is 16.6. The van der Waals surface area contributed by atoms with Crippen LogP contribution in [0.3, 0.4) is 0 Å². The molecular formula is C84H153BrLiMgN7O25. The number of alkyl carbamates (subject to hydrolysis) is 1. The normalized spacial score (nSPS) is 21.0. The summed E-state index contributed by atoms with van der Waals surface area (Å²) in [6.07, 6.45) is 7.31. The van der Waals surface area contributed by atoms with Crippen LogP contribution in [0.25, 0.3) is 0 Å². The molecule has 6 rings (SSSR count). The van der Waals surface area contributed by atoms with Crippen molar-refractivity contribution in [3.8, 4) is 0 Å². The summed E-state index contributed by atoms with van der Waals surface area (Å²) in [4.78, 5) is 179. The Labute approximate surface area is 750 Å². The molecule has 32 nitrogen and oxygen atoms in total. The second kappa shape index (κ2) is 58.1. The number of ketones is 6. The van der Waals surface area contributed by atoms with Crippen molar-refractivity contribution in [2.75, 3.05) is 6.61 Å². The van der Waals surface area contributed by atoms with Crippen molar-refractivity contribution in [3.63, 3.8) is 0 Å². The fourth-order valence-corrected chi connectivity index (χ4v) is 11.5. The number of carbonyl (C=O) groups is 15. The zero-order valence-electron chi connectivity index (χ0n) is 77.1. The number of esters is 2. The van der Waals surface area contributed by atoms with E-state index in [4.69, 9.17) is 43.4 Å². The zero-order chi connectivity index (χ0) is 88.1. The largest absolute Gasteiger partial charge is 2.00 e. The SMILES string of the molecule is C.C.CC(=O)CC[C@H](NC(=O)OC(C)(C)C)C(C)=O.CC(=O)[C@@H]1CCC(=O)N1C(=O)OC(C)(C)C.CC(=O)[C@@H]1CCC(C)=N1.CC(=O)[C@@H]1CC[C@H](C)N1.CC(=O)[C@@H]1CC[C@H](C)N1C(=O)OC(C)(C)C.CC(C)(C)OC(=O)C(=O)OC(C)(C)C.C[C@H]1CC[C@@H](C(=O)O)N1C(=O)OC(C)(C)C.C[C@H]1CC[C@@H](CO)N1C(=O)OC(C)(C)C.[Br-].[CH3-].[Li+].[Mg+2].[OH-]. The molecule has 0 aliphatic carbocycles. The maximum atomic E-state index is 11.9. The van der Waals surface area contributed by atoms with Crippen molar-refractivity contribution in [3.05, 3.63) is 7.43 Å². The van der Waals surface area contributed by atoms with Crippen LogP contribution in [0.1, 0.15) is 326 Å². The smallest absolute Gasteiger partial charge is 1.00 e. The van der Waals surface area contributed by atoms with Crippen molar-refractivity contribution in [1.29, 1.82) is 0 Å². The number of Topliss-reactive ketones (excluding diaryl/α,β-unsaturated/α-hetero) is 6. The first kappa shape index (κ1) is 131. The number of carboxylic acid groups (broad SMARTS) is 1. The van der Waals surface area contributed by atoms with Gasteiger partial charge in [-0.25, -0.2) is 43.3 Å². The number of ether oxygens (including phenoxy) is 7. The molecule has 0 saturated carbocycles. The average molecular weight is 1770 g/mol. The summed E-state index contributed by atoms with van der Waals surface area (Å²) in [6, 6.07) is -1.57. The Balaban J connectivity index is -0.000000166. The van der Waals surface area contributed by atoms with Crippen LogP contribution in [-0.2, 0) is 81.1 Å². The van der Waals surface area contributed by atoms with Crippen molar-refractivity contribution in [2.45, 2.75) is 432 Å². The number of hydrogen-bond acceptors (Lipinski definition) is 26. The third kappa shape index (κ3) is 57.0. The molecule has 684 valence electrons. The minimum absolute atomic E-state index is 0. The first-order valence-corrected chi connectivity index (χ1v) is 38.7. The van der Waals surface area contributed by atoms with E-state index in [0.29, 0.717) is 31.7 Å². The van der Waals surface area contributed by atoms with Crippen LogP contribution in [-0.4, -0.2) is 265 Å². The summed E-state index contributed by atoms with van der Waals surface area (Å²) in [6.45, 7) is 55.7. The second-order valence-electron chi connectivity index (χ2n) is 36.1. The van der Waals surface area contributed by atoms with E-state index in [-0.39, 0.29) is 201 Å². The number of aliphatic hydroxyl groups is 1. The van der Waals surface area contributed by atoms with E-state index in [1.54, 1.807) is 128 Å². The van der Waals surface area contributed by atoms with Crippen LogP contribution in [0.4, 0.5) is 24.0 Å². The first-order chi connectivity index (χ1) is 50.5. The summed E-state index contributed by atoms with van der Waals surface area (Å²) in [5, 5.41) is 23.8.